The van der Waals surface area contributed by atoms with Crippen LogP contribution < -0.4 is 10.6 Å². The van der Waals surface area contributed by atoms with Crippen molar-refractivity contribution in [3.8, 4) is 0 Å². The zero-order valence-corrected chi connectivity index (χ0v) is 11.8. The molecule has 4 heteroatoms. The molecule has 0 atom stereocenters. The Morgan fingerprint density at radius 1 is 1.11 bits per heavy atom. The molecule has 1 aliphatic rings. The number of anilines is 2. The molecule has 0 aromatic heterocycles. The molecule has 0 bridgehead atoms. The van der Waals surface area contributed by atoms with Gasteiger partial charge in [-0.15, -0.1) is 0 Å². The monoisotopic (exact) mass is 261 g/mol. The smallest absolute Gasteiger partial charge is 0.253 e. The summed E-state index contributed by atoms with van der Waals surface area (Å²) in [5, 5.41) is 6.65. The number of fused-ring (bicyclic) bond motifs is 1. The number of benzene rings is 1. The van der Waals surface area contributed by atoms with E-state index in [1.54, 1.807) is 0 Å². The van der Waals surface area contributed by atoms with Crippen LogP contribution in [0.1, 0.15) is 37.0 Å². The van der Waals surface area contributed by atoms with Crippen molar-refractivity contribution < 1.29 is 4.79 Å². The number of hydrogen-bond acceptors (Lipinski definition) is 3. The largest absolute Gasteiger partial charge is 0.382 e. The number of carbonyl (C=O) groups is 1. The Morgan fingerprint density at radius 2 is 1.74 bits per heavy atom. The van der Waals surface area contributed by atoms with Crippen LogP contribution in [-0.2, 0) is 0 Å². The zero-order valence-electron chi connectivity index (χ0n) is 11.8. The normalized spacial score (nSPS) is 13.2. The molecule has 0 saturated carbocycles. The number of nitrogens with one attached hydrogen (secondary N) is 2. The molecular formula is C15H23N3O. The van der Waals surface area contributed by atoms with E-state index in [9.17, 15) is 4.79 Å². The first kappa shape index (κ1) is 13.7. The van der Waals surface area contributed by atoms with Crippen LogP contribution in [-0.4, -0.2) is 37.0 Å². The van der Waals surface area contributed by atoms with Gasteiger partial charge in [-0.2, -0.15) is 0 Å². The minimum Gasteiger partial charge on any atom is -0.382 e. The highest BCUT2D eigenvalue weighted by Gasteiger charge is 2.16. The van der Waals surface area contributed by atoms with Gasteiger partial charge in [0.05, 0.1) is 11.4 Å². The molecule has 2 rings (SSSR count). The molecule has 1 aromatic rings. The lowest BCUT2D eigenvalue weighted by molar-refractivity contribution is 0.0755. The summed E-state index contributed by atoms with van der Waals surface area (Å²) >= 11 is 0. The molecule has 0 unspecified atom stereocenters. The summed E-state index contributed by atoms with van der Waals surface area (Å²) in [4.78, 5) is 14.4. The maximum Gasteiger partial charge on any atom is 0.253 e. The Labute approximate surface area is 115 Å². The van der Waals surface area contributed by atoms with E-state index in [2.05, 4.69) is 24.5 Å². The zero-order chi connectivity index (χ0) is 13.7. The van der Waals surface area contributed by atoms with Crippen LogP contribution in [0.2, 0.25) is 0 Å². The maximum atomic E-state index is 12.5. The van der Waals surface area contributed by atoms with Gasteiger partial charge in [-0.1, -0.05) is 13.8 Å². The van der Waals surface area contributed by atoms with Gasteiger partial charge >= 0.3 is 0 Å². The highest BCUT2D eigenvalue weighted by molar-refractivity contribution is 5.96. The van der Waals surface area contributed by atoms with Gasteiger partial charge in [-0.25, -0.2) is 0 Å². The molecule has 1 aromatic carbocycles. The van der Waals surface area contributed by atoms with Crippen LogP contribution >= 0.6 is 0 Å². The molecule has 0 spiro atoms. The Balaban J connectivity index is 2.17. The number of amides is 1. The Hall–Kier alpha value is -1.71. The molecule has 4 nitrogen and oxygen atoms in total. The van der Waals surface area contributed by atoms with Gasteiger partial charge in [0, 0.05) is 31.7 Å². The average molecular weight is 261 g/mol. The fraction of sp³-hybridized carbons (Fsp3) is 0.533. The van der Waals surface area contributed by atoms with Gasteiger partial charge in [0.1, 0.15) is 0 Å². The third kappa shape index (κ3) is 3.19. The SMILES string of the molecule is CCCN(CCC)C(=O)c1ccc2c(c1)NCCN2. The van der Waals surface area contributed by atoms with E-state index in [1.165, 1.54) is 0 Å². The van der Waals surface area contributed by atoms with Crippen LogP contribution in [0.15, 0.2) is 18.2 Å². The van der Waals surface area contributed by atoms with Crippen molar-refractivity contribution in [2.75, 3.05) is 36.8 Å². The van der Waals surface area contributed by atoms with Crippen molar-refractivity contribution in [2.45, 2.75) is 26.7 Å². The van der Waals surface area contributed by atoms with E-state index < -0.39 is 0 Å². The summed E-state index contributed by atoms with van der Waals surface area (Å²) in [6.45, 7) is 7.70. The minimum atomic E-state index is 0.138. The number of carbonyl (C=O) groups excluding carboxylic acids is 1. The highest BCUT2D eigenvalue weighted by Crippen LogP contribution is 2.25. The highest BCUT2D eigenvalue weighted by atomic mass is 16.2. The van der Waals surface area contributed by atoms with E-state index in [4.69, 9.17) is 0 Å². The fourth-order valence-electron chi connectivity index (χ4n) is 2.41. The van der Waals surface area contributed by atoms with E-state index >= 15 is 0 Å². The quantitative estimate of drug-likeness (QED) is 0.856. The maximum absolute atomic E-state index is 12.5. The number of nitrogens with zero attached hydrogens (tertiary/aromatic N) is 1. The fourth-order valence-corrected chi connectivity index (χ4v) is 2.41. The van der Waals surface area contributed by atoms with Gasteiger partial charge in [0.25, 0.3) is 5.91 Å². The number of rotatable bonds is 5. The molecule has 1 amide bonds. The summed E-state index contributed by atoms with van der Waals surface area (Å²) in [6, 6.07) is 5.87. The van der Waals surface area contributed by atoms with E-state index in [1.807, 2.05) is 23.1 Å². The van der Waals surface area contributed by atoms with Crippen LogP contribution in [0.3, 0.4) is 0 Å². The number of hydrogen-bond donors (Lipinski definition) is 2. The molecule has 2 N–H and O–H groups in total. The predicted molar refractivity (Wildman–Crippen MR) is 79.9 cm³/mol. The third-order valence-corrected chi connectivity index (χ3v) is 3.30. The lowest BCUT2D eigenvalue weighted by Crippen LogP contribution is -2.32. The second-order valence-corrected chi connectivity index (χ2v) is 4.91. The summed E-state index contributed by atoms with van der Waals surface area (Å²) < 4.78 is 0. The topological polar surface area (TPSA) is 44.4 Å². The first-order valence-corrected chi connectivity index (χ1v) is 7.17. The second kappa shape index (κ2) is 6.45. The van der Waals surface area contributed by atoms with Gasteiger partial charge < -0.3 is 15.5 Å². The van der Waals surface area contributed by atoms with Crippen LogP contribution in [0, 0.1) is 0 Å². The van der Waals surface area contributed by atoms with Crippen molar-refractivity contribution in [3.63, 3.8) is 0 Å². The molecule has 0 radical (unpaired) electrons. The van der Waals surface area contributed by atoms with Crippen LogP contribution in [0.4, 0.5) is 11.4 Å². The van der Waals surface area contributed by atoms with E-state index in [0.29, 0.717) is 0 Å². The third-order valence-electron chi connectivity index (χ3n) is 3.30. The van der Waals surface area contributed by atoms with Gasteiger partial charge in [-0.05, 0) is 31.0 Å². The minimum absolute atomic E-state index is 0.138. The van der Waals surface area contributed by atoms with Crippen molar-refractivity contribution in [1.29, 1.82) is 0 Å². The van der Waals surface area contributed by atoms with Gasteiger partial charge in [0.2, 0.25) is 0 Å². The van der Waals surface area contributed by atoms with Gasteiger partial charge in [-0.3, -0.25) is 4.79 Å². The standard InChI is InChI=1S/C15H23N3O/c1-3-9-18(10-4-2)15(19)12-5-6-13-14(11-12)17-8-7-16-13/h5-6,11,16-17H,3-4,7-10H2,1-2H3. The molecule has 104 valence electrons. The van der Waals surface area contributed by atoms with Crippen molar-refractivity contribution >= 4 is 17.3 Å². The molecular weight excluding hydrogens is 238 g/mol. The van der Waals surface area contributed by atoms with E-state index in [0.717, 1.165) is 56.0 Å². The summed E-state index contributed by atoms with van der Waals surface area (Å²) in [7, 11) is 0. The van der Waals surface area contributed by atoms with Crippen LogP contribution in [0.5, 0.6) is 0 Å². The molecule has 1 heterocycles. The van der Waals surface area contributed by atoms with Crippen molar-refractivity contribution in [1.82, 2.24) is 4.90 Å². The van der Waals surface area contributed by atoms with Crippen molar-refractivity contribution in [3.05, 3.63) is 23.8 Å². The molecule has 0 aliphatic carbocycles. The Kier molecular flexibility index (Phi) is 4.66. The first-order chi connectivity index (χ1) is 9.26. The van der Waals surface area contributed by atoms with Gasteiger partial charge in [0.15, 0.2) is 0 Å². The molecule has 19 heavy (non-hydrogen) atoms. The predicted octanol–water partition coefficient (Wildman–Crippen LogP) is 2.79. The average Bonchev–Trinajstić information content (AvgIpc) is 2.46. The summed E-state index contributed by atoms with van der Waals surface area (Å²) in [6.07, 6.45) is 1.99. The lowest BCUT2D eigenvalue weighted by atomic mass is 10.1. The molecule has 1 aliphatic heterocycles. The second-order valence-electron chi connectivity index (χ2n) is 4.91. The van der Waals surface area contributed by atoms with Crippen molar-refractivity contribution in [2.24, 2.45) is 0 Å². The summed E-state index contributed by atoms with van der Waals surface area (Å²) in [5.41, 5.74) is 2.89. The molecule has 0 fully saturated rings. The Morgan fingerprint density at radius 3 is 2.37 bits per heavy atom. The molecule has 0 saturated heterocycles. The lowest BCUT2D eigenvalue weighted by Gasteiger charge is -2.24. The summed E-state index contributed by atoms with van der Waals surface area (Å²) in [5.74, 6) is 0.138. The first-order valence-electron chi connectivity index (χ1n) is 7.17. The van der Waals surface area contributed by atoms with Crippen LogP contribution in [0.25, 0.3) is 0 Å². The Bertz CT molecular complexity index is 439. The van der Waals surface area contributed by atoms with E-state index in [-0.39, 0.29) is 5.91 Å².